The van der Waals surface area contributed by atoms with Crippen molar-refractivity contribution in [1.29, 1.82) is 0 Å². The Bertz CT molecular complexity index is 349. The van der Waals surface area contributed by atoms with E-state index in [4.69, 9.17) is 18.0 Å². The molecule has 0 bridgehead atoms. The van der Waals surface area contributed by atoms with E-state index in [-0.39, 0.29) is 5.91 Å². The summed E-state index contributed by atoms with van der Waals surface area (Å²) in [4.78, 5) is 15.1. The predicted octanol–water partition coefficient (Wildman–Crippen LogP) is 1.29. The minimum absolute atomic E-state index is 0.0412. The fourth-order valence-electron chi connectivity index (χ4n) is 3.02. The first-order valence-corrected chi connectivity index (χ1v) is 7.76. The summed E-state index contributed by atoms with van der Waals surface area (Å²) >= 11 is 5.06. The Balaban J connectivity index is 1.74. The Morgan fingerprint density at radius 1 is 1.37 bits per heavy atom. The lowest BCUT2D eigenvalue weighted by Gasteiger charge is -2.39. The second kappa shape index (κ2) is 6.18. The second-order valence-corrected chi connectivity index (χ2v) is 6.56. The Morgan fingerprint density at radius 2 is 2.00 bits per heavy atom. The molecule has 108 valence electrons. The van der Waals surface area contributed by atoms with Crippen molar-refractivity contribution in [2.45, 2.75) is 39.0 Å². The van der Waals surface area contributed by atoms with E-state index in [1.54, 1.807) is 0 Å². The third-order valence-electron chi connectivity index (χ3n) is 4.49. The lowest BCUT2D eigenvalue weighted by atomic mass is 9.68. The van der Waals surface area contributed by atoms with E-state index < -0.39 is 5.41 Å². The van der Waals surface area contributed by atoms with E-state index in [0.717, 1.165) is 32.4 Å². The van der Waals surface area contributed by atoms with E-state index in [1.807, 2.05) is 0 Å². The number of rotatable bonds is 6. The lowest BCUT2D eigenvalue weighted by molar-refractivity contribution is -0.131. The summed E-state index contributed by atoms with van der Waals surface area (Å²) < 4.78 is 0. The zero-order valence-corrected chi connectivity index (χ0v) is 12.6. The average molecular weight is 283 g/mol. The van der Waals surface area contributed by atoms with Crippen LogP contribution in [0.5, 0.6) is 0 Å². The summed E-state index contributed by atoms with van der Waals surface area (Å²) in [7, 11) is 0. The van der Waals surface area contributed by atoms with Crippen LogP contribution in [0.2, 0.25) is 0 Å². The molecule has 0 radical (unpaired) electrons. The third-order valence-corrected chi connectivity index (χ3v) is 4.88. The minimum atomic E-state index is -0.539. The van der Waals surface area contributed by atoms with E-state index in [9.17, 15) is 4.79 Å². The van der Waals surface area contributed by atoms with Gasteiger partial charge >= 0.3 is 0 Å². The maximum atomic E-state index is 12.2. The molecule has 1 unspecified atom stereocenters. The number of hydrogen-bond donors (Lipinski definition) is 2. The van der Waals surface area contributed by atoms with Crippen LogP contribution >= 0.6 is 12.2 Å². The van der Waals surface area contributed by atoms with Crippen molar-refractivity contribution in [3.63, 3.8) is 0 Å². The van der Waals surface area contributed by atoms with E-state index in [1.165, 1.54) is 25.9 Å². The van der Waals surface area contributed by atoms with E-state index >= 15 is 0 Å². The van der Waals surface area contributed by atoms with E-state index in [2.05, 4.69) is 17.1 Å². The van der Waals surface area contributed by atoms with Crippen molar-refractivity contribution in [1.82, 2.24) is 10.2 Å². The molecule has 0 aromatic heterocycles. The molecule has 1 saturated carbocycles. The van der Waals surface area contributed by atoms with E-state index in [0.29, 0.717) is 10.9 Å². The van der Waals surface area contributed by atoms with Gasteiger partial charge in [0.05, 0.1) is 10.4 Å². The Labute approximate surface area is 121 Å². The summed E-state index contributed by atoms with van der Waals surface area (Å²) in [5, 5.41) is 3.05. The number of thiocarbonyl (C=S) groups is 1. The molecular formula is C14H25N3OS. The van der Waals surface area contributed by atoms with Gasteiger partial charge in [-0.05, 0) is 44.7 Å². The quantitative estimate of drug-likeness (QED) is 0.721. The van der Waals surface area contributed by atoms with Gasteiger partial charge in [0.15, 0.2) is 0 Å². The van der Waals surface area contributed by atoms with Crippen LogP contribution in [-0.4, -0.2) is 42.0 Å². The van der Waals surface area contributed by atoms with Crippen LogP contribution in [0.4, 0.5) is 0 Å². The molecule has 2 aliphatic rings. The molecule has 2 rings (SSSR count). The SMILES string of the molecule is CC(CNC(=O)C1(C(N)=S)CCC1)CN1CCCC1. The van der Waals surface area contributed by atoms with Crippen molar-refractivity contribution in [2.24, 2.45) is 17.1 Å². The van der Waals surface area contributed by atoms with Crippen LogP contribution in [0.25, 0.3) is 0 Å². The molecule has 2 fully saturated rings. The van der Waals surface area contributed by atoms with Crippen LogP contribution < -0.4 is 11.1 Å². The lowest BCUT2D eigenvalue weighted by Crippen LogP contribution is -2.54. The Hall–Kier alpha value is -0.680. The van der Waals surface area contributed by atoms with Crippen molar-refractivity contribution in [3.05, 3.63) is 0 Å². The van der Waals surface area contributed by atoms with Crippen molar-refractivity contribution >= 4 is 23.1 Å². The molecule has 1 heterocycles. The highest BCUT2D eigenvalue weighted by molar-refractivity contribution is 7.80. The van der Waals surface area contributed by atoms with Gasteiger partial charge in [-0.25, -0.2) is 0 Å². The number of nitrogens with two attached hydrogens (primary N) is 1. The van der Waals surface area contributed by atoms with Gasteiger partial charge in [-0.3, -0.25) is 4.79 Å². The summed E-state index contributed by atoms with van der Waals surface area (Å²) in [6, 6.07) is 0. The smallest absolute Gasteiger partial charge is 0.233 e. The number of amides is 1. The molecule has 0 aromatic carbocycles. The molecule has 1 atom stereocenters. The number of nitrogens with one attached hydrogen (secondary N) is 1. The number of carbonyl (C=O) groups is 1. The normalized spacial score (nSPS) is 23.6. The topological polar surface area (TPSA) is 58.4 Å². The minimum Gasteiger partial charge on any atom is -0.392 e. The molecular weight excluding hydrogens is 258 g/mol. The Morgan fingerprint density at radius 3 is 2.47 bits per heavy atom. The molecule has 0 aromatic rings. The Kier molecular flexibility index (Phi) is 4.79. The van der Waals surface area contributed by atoms with Crippen LogP contribution in [-0.2, 0) is 4.79 Å². The standard InChI is InChI=1S/C14H25N3OS/c1-11(10-17-7-2-3-8-17)9-16-13(18)14(12(15)19)5-4-6-14/h11H,2-10H2,1H3,(H2,15,19)(H,16,18). The number of hydrogen-bond acceptors (Lipinski definition) is 3. The number of carbonyl (C=O) groups excluding carboxylic acids is 1. The number of likely N-dealkylation sites (tertiary alicyclic amines) is 1. The van der Waals surface area contributed by atoms with Gasteiger partial charge in [-0.1, -0.05) is 25.6 Å². The molecule has 1 aliphatic heterocycles. The summed E-state index contributed by atoms with van der Waals surface area (Å²) in [5.41, 5.74) is 5.20. The van der Waals surface area contributed by atoms with Gasteiger partial charge in [0, 0.05) is 13.1 Å². The summed E-state index contributed by atoms with van der Waals surface area (Å²) in [6.07, 6.45) is 5.30. The molecule has 1 aliphatic carbocycles. The fourth-order valence-corrected chi connectivity index (χ4v) is 3.32. The molecule has 4 nitrogen and oxygen atoms in total. The first-order valence-electron chi connectivity index (χ1n) is 7.35. The first kappa shape index (κ1) is 14.7. The summed E-state index contributed by atoms with van der Waals surface area (Å²) in [6.45, 7) is 6.39. The molecule has 19 heavy (non-hydrogen) atoms. The largest absolute Gasteiger partial charge is 0.392 e. The fraction of sp³-hybridized carbons (Fsp3) is 0.857. The van der Waals surface area contributed by atoms with Crippen LogP contribution in [0.15, 0.2) is 0 Å². The van der Waals surface area contributed by atoms with Gasteiger partial charge in [-0.2, -0.15) is 0 Å². The van der Waals surface area contributed by atoms with Gasteiger partial charge < -0.3 is 16.0 Å². The van der Waals surface area contributed by atoms with Gasteiger partial charge in [0.25, 0.3) is 0 Å². The van der Waals surface area contributed by atoms with Crippen molar-refractivity contribution < 1.29 is 4.79 Å². The zero-order chi connectivity index (χ0) is 13.9. The monoisotopic (exact) mass is 283 g/mol. The molecule has 1 saturated heterocycles. The second-order valence-electron chi connectivity index (χ2n) is 6.12. The van der Waals surface area contributed by atoms with Crippen LogP contribution in [0.1, 0.15) is 39.0 Å². The maximum absolute atomic E-state index is 12.2. The highest BCUT2D eigenvalue weighted by Crippen LogP contribution is 2.41. The zero-order valence-electron chi connectivity index (χ0n) is 11.8. The average Bonchev–Trinajstić information content (AvgIpc) is 2.77. The molecule has 0 spiro atoms. The first-order chi connectivity index (χ1) is 9.04. The maximum Gasteiger partial charge on any atom is 0.233 e. The summed E-state index contributed by atoms with van der Waals surface area (Å²) in [5.74, 6) is 0.519. The van der Waals surface area contributed by atoms with Gasteiger partial charge in [0.1, 0.15) is 0 Å². The van der Waals surface area contributed by atoms with Gasteiger partial charge in [0.2, 0.25) is 5.91 Å². The van der Waals surface area contributed by atoms with Crippen LogP contribution in [0.3, 0.4) is 0 Å². The highest BCUT2D eigenvalue weighted by atomic mass is 32.1. The van der Waals surface area contributed by atoms with Crippen LogP contribution in [0, 0.1) is 11.3 Å². The van der Waals surface area contributed by atoms with Crippen molar-refractivity contribution in [3.8, 4) is 0 Å². The molecule has 5 heteroatoms. The highest BCUT2D eigenvalue weighted by Gasteiger charge is 2.46. The van der Waals surface area contributed by atoms with Crippen molar-refractivity contribution in [2.75, 3.05) is 26.2 Å². The third kappa shape index (κ3) is 3.26. The molecule has 3 N–H and O–H groups in total. The van der Waals surface area contributed by atoms with Gasteiger partial charge in [-0.15, -0.1) is 0 Å². The molecule has 1 amide bonds. The predicted molar refractivity (Wildman–Crippen MR) is 80.9 cm³/mol. The number of nitrogens with zero attached hydrogens (tertiary/aromatic N) is 1.